The van der Waals surface area contributed by atoms with E-state index in [2.05, 4.69) is 45.0 Å². The van der Waals surface area contributed by atoms with Gasteiger partial charge in [0.25, 0.3) is 0 Å². The Morgan fingerprint density at radius 1 is 0.750 bits per heavy atom. The van der Waals surface area contributed by atoms with Crippen molar-refractivity contribution in [3.05, 3.63) is 84.6 Å². The summed E-state index contributed by atoms with van der Waals surface area (Å²) >= 11 is 0. The van der Waals surface area contributed by atoms with Gasteiger partial charge in [-0.2, -0.15) is 10.6 Å². The number of benzene rings is 2. The quantitative estimate of drug-likeness (QED) is 0.805. The van der Waals surface area contributed by atoms with Crippen LogP contribution in [0.3, 0.4) is 0 Å². The molecule has 1 N–H and O–H groups in total. The second-order valence-corrected chi connectivity index (χ2v) is 5.29. The molecule has 5 heteroatoms. The van der Waals surface area contributed by atoms with Gasteiger partial charge in [0.2, 0.25) is 0 Å². The second-order valence-electron chi connectivity index (χ2n) is 5.29. The molecule has 2 aromatic carbocycles. The molecule has 0 fully saturated rings. The van der Waals surface area contributed by atoms with Crippen LogP contribution in [0.2, 0.25) is 0 Å². The maximum Gasteiger partial charge on any atom is 0.173 e. The summed E-state index contributed by atoms with van der Waals surface area (Å²) in [6, 6.07) is 24.2. The molecule has 0 bridgehead atoms. The molecule has 1 aliphatic rings. The standard InChI is InChI=1S/C19H15N5/c1-2-7-15(8-3-1)16-9-6-10-17(13-16)18-14-21-23-24(22-18)19-11-4-5-12-20-19/h1-14,23H. The Labute approximate surface area is 140 Å². The van der Waals surface area contributed by atoms with Crippen molar-refractivity contribution in [2.75, 3.05) is 5.12 Å². The highest BCUT2D eigenvalue weighted by Crippen LogP contribution is 2.21. The fraction of sp³-hybridized carbons (Fsp3) is 0. The molecule has 0 saturated heterocycles. The molecule has 1 aliphatic heterocycles. The number of hydrazone groups is 2. The van der Waals surface area contributed by atoms with E-state index in [-0.39, 0.29) is 0 Å². The van der Waals surface area contributed by atoms with Crippen LogP contribution in [0.15, 0.2) is 89.2 Å². The fourth-order valence-electron chi connectivity index (χ4n) is 2.50. The maximum absolute atomic E-state index is 4.58. The van der Waals surface area contributed by atoms with Gasteiger partial charge in [-0.1, -0.05) is 54.6 Å². The molecular formula is C19H15N5. The molecule has 116 valence electrons. The number of pyridine rings is 1. The van der Waals surface area contributed by atoms with E-state index in [1.54, 1.807) is 17.5 Å². The van der Waals surface area contributed by atoms with Gasteiger partial charge in [-0.05, 0) is 29.3 Å². The molecule has 0 amide bonds. The Bertz CT molecular complexity index is 888. The summed E-state index contributed by atoms with van der Waals surface area (Å²) in [6.07, 6.45) is 3.43. The Morgan fingerprint density at radius 3 is 2.38 bits per heavy atom. The first-order chi connectivity index (χ1) is 11.9. The molecular weight excluding hydrogens is 298 g/mol. The summed E-state index contributed by atoms with van der Waals surface area (Å²) < 4.78 is 0. The minimum absolute atomic E-state index is 0.686. The van der Waals surface area contributed by atoms with Gasteiger partial charge in [-0.3, -0.25) is 0 Å². The van der Waals surface area contributed by atoms with Crippen LogP contribution >= 0.6 is 0 Å². The lowest BCUT2D eigenvalue weighted by Gasteiger charge is -2.20. The molecule has 3 aromatic rings. The summed E-state index contributed by atoms with van der Waals surface area (Å²) in [7, 11) is 0. The number of rotatable bonds is 3. The van der Waals surface area contributed by atoms with Gasteiger partial charge in [-0.15, -0.1) is 10.2 Å². The Hall–Kier alpha value is -3.47. The summed E-state index contributed by atoms with van der Waals surface area (Å²) in [5.41, 5.74) is 6.93. The minimum Gasteiger partial charge on any atom is -0.236 e. The van der Waals surface area contributed by atoms with Crippen LogP contribution in [0, 0.1) is 0 Å². The van der Waals surface area contributed by atoms with Crippen LogP contribution in [0.5, 0.6) is 0 Å². The predicted octanol–water partition coefficient (Wildman–Crippen LogP) is 3.46. The van der Waals surface area contributed by atoms with Crippen LogP contribution in [0.4, 0.5) is 5.82 Å². The Morgan fingerprint density at radius 2 is 1.54 bits per heavy atom. The van der Waals surface area contributed by atoms with Crippen molar-refractivity contribution in [2.45, 2.75) is 0 Å². The van der Waals surface area contributed by atoms with E-state index in [0.29, 0.717) is 5.82 Å². The molecule has 24 heavy (non-hydrogen) atoms. The van der Waals surface area contributed by atoms with Crippen LogP contribution in [-0.2, 0) is 0 Å². The normalized spacial score (nSPS) is 13.3. The zero-order valence-electron chi connectivity index (χ0n) is 12.9. The van der Waals surface area contributed by atoms with Crippen LogP contribution in [0.1, 0.15) is 5.56 Å². The van der Waals surface area contributed by atoms with E-state index in [0.717, 1.165) is 16.8 Å². The average molecular weight is 313 g/mol. The minimum atomic E-state index is 0.686. The van der Waals surface area contributed by atoms with Crippen LogP contribution in [0.25, 0.3) is 11.1 Å². The summed E-state index contributed by atoms with van der Waals surface area (Å²) in [4.78, 5) is 4.28. The van der Waals surface area contributed by atoms with Crippen molar-refractivity contribution in [3.8, 4) is 11.1 Å². The number of hydrazine groups is 1. The number of hydrogen-bond acceptors (Lipinski definition) is 5. The van der Waals surface area contributed by atoms with Gasteiger partial charge in [0, 0.05) is 11.8 Å². The van der Waals surface area contributed by atoms with Crippen molar-refractivity contribution in [1.29, 1.82) is 0 Å². The highest BCUT2D eigenvalue weighted by Gasteiger charge is 2.12. The van der Waals surface area contributed by atoms with E-state index in [4.69, 9.17) is 0 Å². The third kappa shape index (κ3) is 2.87. The molecule has 2 heterocycles. The molecule has 0 radical (unpaired) electrons. The predicted molar refractivity (Wildman–Crippen MR) is 96.8 cm³/mol. The van der Waals surface area contributed by atoms with Crippen LogP contribution in [-0.4, -0.2) is 16.9 Å². The molecule has 4 rings (SSSR count). The topological polar surface area (TPSA) is 52.9 Å². The van der Waals surface area contributed by atoms with Gasteiger partial charge >= 0.3 is 0 Å². The number of anilines is 1. The van der Waals surface area contributed by atoms with Crippen molar-refractivity contribution < 1.29 is 0 Å². The monoisotopic (exact) mass is 313 g/mol. The zero-order chi connectivity index (χ0) is 16.2. The first-order valence-electron chi connectivity index (χ1n) is 7.64. The highest BCUT2D eigenvalue weighted by molar-refractivity contribution is 6.38. The highest BCUT2D eigenvalue weighted by atomic mass is 15.8. The number of nitrogens with zero attached hydrogens (tertiary/aromatic N) is 4. The van der Waals surface area contributed by atoms with E-state index in [1.807, 2.05) is 48.5 Å². The molecule has 0 aliphatic carbocycles. The summed E-state index contributed by atoms with van der Waals surface area (Å²) in [5.74, 6) is 0.686. The number of nitrogens with one attached hydrogen (secondary N) is 1. The number of aromatic nitrogens is 1. The van der Waals surface area contributed by atoms with E-state index in [9.17, 15) is 0 Å². The molecule has 0 unspecified atom stereocenters. The lowest BCUT2D eigenvalue weighted by molar-refractivity contribution is 0.670. The third-order valence-corrected chi connectivity index (χ3v) is 3.68. The van der Waals surface area contributed by atoms with Gasteiger partial charge < -0.3 is 0 Å². The van der Waals surface area contributed by atoms with Crippen molar-refractivity contribution >= 4 is 17.7 Å². The van der Waals surface area contributed by atoms with Crippen molar-refractivity contribution in [2.24, 2.45) is 10.2 Å². The largest absolute Gasteiger partial charge is 0.236 e. The molecule has 0 spiro atoms. The lowest BCUT2D eigenvalue weighted by Crippen LogP contribution is -2.35. The summed E-state index contributed by atoms with van der Waals surface area (Å²) in [6.45, 7) is 0. The SMILES string of the molecule is C1=NNN(c2ccccn2)N=C1c1cccc(-c2ccccc2)c1. The molecule has 1 aromatic heterocycles. The summed E-state index contributed by atoms with van der Waals surface area (Å²) in [5, 5.41) is 10.3. The molecule has 5 nitrogen and oxygen atoms in total. The number of hydrogen-bond donors (Lipinski definition) is 1. The third-order valence-electron chi connectivity index (χ3n) is 3.68. The van der Waals surface area contributed by atoms with Gasteiger partial charge in [0.15, 0.2) is 5.82 Å². The van der Waals surface area contributed by atoms with Crippen molar-refractivity contribution in [1.82, 2.24) is 10.5 Å². The van der Waals surface area contributed by atoms with E-state index < -0.39 is 0 Å². The smallest absolute Gasteiger partial charge is 0.173 e. The lowest BCUT2D eigenvalue weighted by atomic mass is 10.0. The van der Waals surface area contributed by atoms with Gasteiger partial charge in [0.1, 0.15) is 5.71 Å². The molecule has 0 saturated carbocycles. The first-order valence-corrected chi connectivity index (χ1v) is 7.64. The Kier molecular flexibility index (Phi) is 3.73. The Balaban J connectivity index is 1.68. The van der Waals surface area contributed by atoms with E-state index in [1.165, 1.54) is 5.56 Å². The van der Waals surface area contributed by atoms with Gasteiger partial charge in [0.05, 0.1) is 6.21 Å². The van der Waals surface area contributed by atoms with Gasteiger partial charge in [-0.25, -0.2) is 4.98 Å². The fourth-order valence-corrected chi connectivity index (χ4v) is 2.50. The van der Waals surface area contributed by atoms with E-state index >= 15 is 0 Å². The first kappa shape index (κ1) is 14.1. The van der Waals surface area contributed by atoms with Crippen molar-refractivity contribution in [3.63, 3.8) is 0 Å². The zero-order valence-corrected chi connectivity index (χ0v) is 12.9. The average Bonchev–Trinajstić information content (AvgIpc) is 2.70. The molecule has 0 atom stereocenters. The maximum atomic E-state index is 4.58. The van der Waals surface area contributed by atoms with Crippen LogP contribution < -0.4 is 10.7 Å². The second kappa shape index (κ2) is 6.34.